The van der Waals surface area contributed by atoms with Gasteiger partial charge in [-0.05, 0) is 18.4 Å². The van der Waals surface area contributed by atoms with Crippen LogP contribution >= 0.6 is 0 Å². The molecule has 0 saturated heterocycles. The second-order valence-corrected chi connectivity index (χ2v) is 6.13. The number of fused-ring (bicyclic) bond motifs is 1. The van der Waals surface area contributed by atoms with Crippen LogP contribution in [0.15, 0.2) is 42.5 Å². The molecular weight excluding hydrogens is 278 g/mol. The van der Waals surface area contributed by atoms with E-state index in [-0.39, 0.29) is 6.61 Å². The first-order valence-electron chi connectivity index (χ1n) is 7.50. The predicted molar refractivity (Wildman–Crippen MR) is 88.8 cm³/mol. The second-order valence-electron chi connectivity index (χ2n) is 6.13. The van der Waals surface area contributed by atoms with Crippen LogP contribution in [0.2, 0.25) is 0 Å². The zero-order valence-electron chi connectivity index (χ0n) is 13.3. The van der Waals surface area contributed by atoms with Gasteiger partial charge in [0.2, 0.25) is 0 Å². The third kappa shape index (κ3) is 2.98. The minimum atomic E-state index is -1.25. The van der Waals surface area contributed by atoms with Gasteiger partial charge in [0, 0.05) is 17.3 Å². The highest BCUT2D eigenvalue weighted by Gasteiger charge is 2.36. The molecule has 118 valence electrons. The van der Waals surface area contributed by atoms with Gasteiger partial charge in [0.05, 0.1) is 12.3 Å². The van der Waals surface area contributed by atoms with Crippen molar-refractivity contribution in [3.8, 4) is 0 Å². The molecule has 0 aromatic heterocycles. The Kier molecular flexibility index (Phi) is 4.84. The molecule has 0 bridgehead atoms. The van der Waals surface area contributed by atoms with Gasteiger partial charge in [-0.3, -0.25) is 4.79 Å². The molecule has 2 rings (SSSR count). The highest BCUT2D eigenvalue weighted by molar-refractivity contribution is 6.05. The fraction of sp³-hybridized carbons (Fsp3) is 0.389. The Morgan fingerprint density at radius 2 is 1.82 bits per heavy atom. The lowest BCUT2D eigenvalue weighted by molar-refractivity contribution is -0.134. The molecule has 4 heteroatoms. The van der Waals surface area contributed by atoms with E-state index in [0.717, 1.165) is 16.5 Å². The van der Waals surface area contributed by atoms with Crippen LogP contribution in [0.5, 0.6) is 0 Å². The quantitative estimate of drug-likeness (QED) is 0.892. The number of hydrogen-bond donors (Lipinski definition) is 2. The first-order valence-corrected chi connectivity index (χ1v) is 7.50. The molecule has 0 spiro atoms. The number of nitrogens with zero attached hydrogens (tertiary/aromatic N) is 1. The number of aliphatic hydroxyl groups is 2. The molecule has 0 radical (unpaired) electrons. The van der Waals surface area contributed by atoms with Gasteiger partial charge in [-0.25, -0.2) is 0 Å². The molecule has 22 heavy (non-hydrogen) atoms. The third-order valence-electron chi connectivity index (χ3n) is 4.02. The summed E-state index contributed by atoms with van der Waals surface area (Å²) in [4.78, 5) is 14.3. The molecule has 0 aliphatic rings. The summed E-state index contributed by atoms with van der Waals surface area (Å²) >= 11 is 0. The number of anilines is 1. The lowest BCUT2D eigenvalue weighted by atomic mass is 9.86. The average Bonchev–Trinajstić information content (AvgIpc) is 2.54. The van der Waals surface area contributed by atoms with Crippen molar-refractivity contribution in [3.63, 3.8) is 0 Å². The lowest BCUT2D eigenvalue weighted by Crippen LogP contribution is -2.47. The van der Waals surface area contributed by atoms with Crippen molar-refractivity contribution in [1.29, 1.82) is 0 Å². The van der Waals surface area contributed by atoms with E-state index in [1.165, 1.54) is 0 Å². The molecule has 2 aromatic carbocycles. The maximum Gasteiger partial charge on any atom is 0.256 e. The summed E-state index contributed by atoms with van der Waals surface area (Å²) in [5.74, 6) is -0.391. The lowest BCUT2D eigenvalue weighted by Gasteiger charge is -2.32. The number of benzene rings is 2. The van der Waals surface area contributed by atoms with E-state index < -0.39 is 17.4 Å². The smallest absolute Gasteiger partial charge is 0.256 e. The molecule has 0 aliphatic carbocycles. The summed E-state index contributed by atoms with van der Waals surface area (Å²) in [6, 6.07) is 13.6. The van der Waals surface area contributed by atoms with E-state index in [4.69, 9.17) is 0 Å². The van der Waals surface area contributed by atoms with Crippen molar-refractivity contribution in [2.45, 2.75) is 26.9 Å². The van der Waals surface area contributed by atoms with Crippen molar-refractivity contribution in [2.24, 2.45) is 5.41 Å². The van der Waals surface area contributed by atoms with Crippen molar-refractivity contribution in [1.82, 2.24) is 0 Å². The highest BCUT2D eigenvalue weighted by Crippen LogP contribution is 2.29. The molecule has 0 unspecified atom stereocenters. The van der Waals surface area contributed by atoms with Crippen molar-refractivity contribution in [2.75, 3.05) is 18.1 Å². The normalized spacial score (nSPS) is 13.1. The summed E-state index contributed by atoms with van der Waals surface area (Å²) in [5.41, 5.74) is -0.104. The van der Waals surface area contributed by atoms with Gasteiger partial charge in [-0.2, -0.15) is 0 Å². The van der Waals surface area contributed by atoms with E-state index in [0.29, 0.717) is 6.54 Å². The van der Waals surface area contributed by atoms with Gasteiger partial charge < -0.3 is 15.1 Å². The zero-order valence-corrected chi connectivity index (χ0v) is 13.3. The molecule has 1 amide bonds. The Labute approximate surface area is 131 Å². The highest BCUT2D eigenvalue weighted by atomic mass is 16.3. The predicted octanol–water partition coefficient (Wildman–Crippen LogP) is 2.57. The zero-order chi connectivity index (χ0) is 16.3. The van der Waals surface area contributed by atoms with E-state index in [2.05, 4.69) is 0 Å². The molecule has 4 nitrogen and oxygen atoms in total. The third-order valence-corrected chi connectivity index (χ3v) is 4.02. The topological polar surface area (TPSA) is 60.8 Å². The Balaban J connectivity index is 2.45. The standard InChI is InChI=1S/C18H23NO3/c1-4-19(17(22)16(21)18(2,3)12-20)15-11-7-9-13-8-5-6-10-14(13)15/h5-11,16,20-21H,4,12H2,1-3H3/t16-/m0/s1. The van der Waals surface area contributed by atoms with E-state index in [1.807, 2.05) is 49.4 Å². The largest absolute Gasteiger partial charge is 0.396 e. The van der Waals surface area contributed by atoms with Gasteiger partial charge in [0.25, 0.3) is 5.91 Å². The summed E-state index contributed by atoms with van der Waals surface area (Å²) in [5, 5.41) is 21.7. The fourth-order valence-electron chi connectivity index (χ4n) is 2.46. The van der Waals surface area contributed by atoms with Gasteiger partial charge in [0.1, 0.15) is 6.10 Å². The monoisotopic (exact) mass is 301 g/mol. The molecule has 0 saturated carbocycles. The molecule has 0 heterocycles. The maximum absolute atomic E-state index is 12.7. The minimum absolute atomic E-state index is 0.257. The van der Waals surface area contributed by atoms with E-state index in [1.54, 1.807) is 18.7 Å². The number of rotatable bonds is 5. The molecular formula is C18H23NO3. The second kappa shape index (κ2) is 6.46. The number of hydrogen-bond acceptors (Lipinski definition) is 3. The first kappa shape index (κ1) is 16.5. The Morgan fingerprint density at radius 3 is 2.45 bits per heavy atom. The number of carbonyl (C=O) groups excluding carboxylic acids is 1. The van der Waals surface area contributed by atoms with Gasteiger partial charge in [-0.1, -0.05) is 50.2 Å². The maximum atomic E-state index is 12.7. The minimum Gasteiger partial charge on any atom is -0.396 e. The van der Waals surface area contributed by atoms with Crippen LogP contribution in [0.3, 0.4) is 0 Å². The molecule has 0 aliphatic heterocycles. The van der Waals surface area contributed by atoms with Crippen molar-refractivity contribution >= 4 is 22.4 Å². The Hall–Kier alpha value is -1.91. The van der Waals surface area contributed by atoms with Crippen LogP contribution in [-0.2, 0) is 4.79 Å². The van der Waals surface area contributed by atoms with Crippen molar-refractivity contribution in [3.05, 3.63) is 42.5 Å². The first-order chi connectivity index (χ1) is 10.4. The summed E-state index contributed by atoms with van der Waals surface area (Å²) in [6.45, 7) is 5.41. The van der Waals surface area contributed by atoms with Gasteiger partial charge >= 0.3 is 0 Å². The van der Waals surface area contributed by atoms with Crippen molar-refractivity contribution < 1.29 is 15.0 Å². The number of aliphatic hydroxyl groups excluding tert-OH is 2. The van der Waals surface area contributed by atoms with E-state index in [9.17, 15) is 15.0 Å². The van der Waals surface area contributed by atoms with Crippen LogP contribution in [0, 0.1) is 5.41 Å². The summed E-state index contributed by atoms with van der Waals surface area (Å²) < 4.78 is 0. The molecule has 0 fully saturated rings. The summed E-state index contributed by atoms with van der Waals surface area (Å²) in [6.07, 6.45) is -1.25. The van der Waals surface area contributed by atoms with Crippen LogP contribution < -0.4 is 4.90 Å². The fourth-order valence-corrected chi connectivity index (χ4v) is 2.46. The molecule has 2 aromatic rings. The van der Waals surface area contributed by atoms with E-state index >= 15 is 0 Å². The number of amides is 1. The Bertz CT molecular complexity index is 661. The number of carbonyl (C=O) groups is 1. The average molecular weight is 301 g/mol. The van der Waals surface area contributed by atoms with Crippen LogP contribution in [0.4, 0.5) is 5.69 Å². The molecule has 2 N–H and O–H groups in total. The Morgan fingerprint density at radius 1 is 1.18 bits per heavy atom. The van der Waals surface area contributed by atoms with Gasteiger partial charge in [0.15, 0.2) is 0 Å². The van der Waals surface area contributed by atoms with Crippen LogP contribution in [0.25, 0.3) is 10.8 Å². The molecule has 1 atom stereocenters. The van der Waals surface area contributed by atoms with Gasteiger partial charge in [-0.15, -0.1) is 0 Å². The van der Waals surface area contributed by atoms with Crippen LogP contribution in [0.1, 0.15) is 20.8 Å². The van der Waals surface area contributed by atoms with Crippen LogP contribution in [-0.4, -0.2) is 35.4 Å². The summed E-state index contributed by atoms with van der Waals surface area (Å²) in [7, 11) is 0. The number of likely N-dealkylation sites (N-methyl/N-ethyl adjacent to an activating group) is 1. The SMILES string of the molecule is CCN(C(=O)[C@H](O)C(C)(C)CO)c1cccc2ccccc12.